The molecule has 12 heteroatoms. The number of amides is 1. The molecule has 8 nitrogen and oxygen atoms in total. The molecule has 1 unspecified atom stereocenters. The number of carbonyl (C=O) groups is 1. The van der Waals surface area contributed by atoms with Crippen LogP contribution >= 0.6 is 34.5 Å². The second-order valence-electron chi connectivity index (χ2n) is 7.08. The molecule has 2 aromatic carbocycles. The van der Waals surface area contributed by atoms with E-state index in [1.54, 1.807) is 7.11 Å². The average Bonchev–Trinajstić information content (AvgIpc) is 3.22. The van der Waals surface area contributed by atoms with E-state index < -0.39 is 15.9 Å². The predicted octanol–water partition coefficient (Wildman–Crippen LogP) is 4.46. The molecule has 168 valence electrons. The molecule has 1 aliphatic carbocycles. The lowest BCUT2D eigenvalue weighted by Gasteiger charge is -2.26. The summed E-state index contributed by atoms with van der Waals surface area (Å²) in [5.74, 6) is 0.187. The summed E-state index contributed by atoms with van der Waals surface area (Å²) in [5.41, 5.74) is 2.15. The standard InChI is InChI=1S/C20H18Cl2N4O4S2/c1-30-13-6-8-14-11(9-13)3-2-4-17(14)26-32(28,29)20-25-24-19(31-20)23-18(27)15-7-5-12(21)10-16(15)22/h5-10,17,26H,2-4H2,1H3,(H,23,24,27). The fourth-order valence-electron chi connectivity index (χ4n) is 3.48. The quantitative estimate of drug-likeness (QED) is 0.471. The van der Waals surface area contributed by atoms with Crippen molar-refractivity contribution in [2.45, 2.75) is 29.6 Å². The van der Waals surface area contributed by atoms with Crippen LogP contribution in [0.3, 0.4) is 0 Å². The van der Waals surface area contributed by atoms with E-state index in [0.717, 1.165) is 41.1 Å². The van der Waals surface area contributed by atoms with Gasteiger partial charge in [-0.1, -0.05) is 40.6 Å². The molecule has 32 heavy (non-hydrogen) atoms. The molecular formula is C20H18Cl2N4O4S2. The summed E-state index contributed by atoms with van der Waals surface area (Å²) in [6.45, 7) is 0. The first-order chi connectivity index (χ1) is 15.3. The second-order valence-corrected chi connectivity index (χ2v) is 10.8. The minimum atomic E-state index is -3.94. The van der Waals surface area contributed by atoms with Gasteiger partial charge < -0.3 is 4.74 Å². The molecule has 0 radical (unpaired) electrons. The van der Waals surface area contributed by atoms with Crippen molar-refractivity contribution < 1.29 is 17.9 Å². The van der Waals surface area contributed by atoms with Gasteiger partial charge in [0, 0.05) is 11.1 Å². The Balaban J connectivity index is 1.50. The number of aromatic nitrogens is 2. The van der Waals surface area contributed by atoms with Crippen LogP contribution in [0.1, 0.15) is 40.4 Å². The molecule has 0 bridgehead atoms. The van der Waals surface area contributed by atoms with Crippen molar-refractivity contribution in [1.82, 2.24) is 14.9 Å². The number of aryl methyl sites for hydroxylation is 1. The first-order valence-corrected chi connectivity index (χ1v) is 12.6. The van der Waals surface area contributed by atoms with Gasteiger partial charge >= 0.3 is 0 Å². The predicted molar refractivity (Wildman–Crippen MR) is 123 cm³/mol. The summed E-state index contributed by atoms with van der Waals surface area (Å²) in [7, 11) is -2.35. The second kappa shape index (κ2) is 9.32. The molecule has 1 atom stereocenters. The number of fused-ring (bicyclic) bond motifs is 1. The summed E-state index contributed by atoms with van der Waals surface area (Å²) in [5, 5.41) is 10.7. The number of benzene rings is 2. The smallest absolute Gasteiger partial charge is 0.270 e. The van der Waals surface area contributed by atoms with E-state index in [-0.39, 0.29) is 26.1 Å². The van der Waals surface area contributed by atoms with Crippen LogP contribution in [0, 0.1) is 0 Å². The summed E-state index contributed by atoms with van der Waals surface area (Å²) in [4.78, 5) is 12.4. The lowest BCUT2D eigenvalue weighted by Crippen LogP contribution is -2.31. The number of sulfonamides is 1. The van der Waals surface area contributed by atoms with Gasteiger partial charge in [0.05, 0.1) is 17.7 Å². The van der Waals surface area contributed by atoms with Gasteiger partial charge in [0.15, 0.2) is 0 Å². The third kappa shape index (κ3) is 4.89. The molecule has 1 amide bonds. The lowest BCUT2D eigenvalue weighted by molar-refractivity contribution is 0.102. The molecule has 1 aromatic heterocycles. The van der Waals surface area contributed by atoms with Gasteiger partial charge in [-0.25, -0.2) is 13.1 Å². The Morgan fingerprint density at radius 1 is 1.19 bits per heavy atom. The van der Waals surface area contributed by atoms with Gasteiger partial charge in [0.1, 0.15) is 5.75 Å². The van der Waals surface area contributed by atoms with Crippen LogP contribution in [0.4, 0.5) is 5.13 Å². The van der Waals surface area contributed by atoms with Crippen LogP contribution in [0.15, 0.2) is 40.7 Å². The van der Waals surface area contributed by atoms with Gasteiger partial charge in [-0.3, -0.25) is 10.1 Å². The summed E-state index contributed by atoms with van der Waals surface area (Å²) in [6, 6.07) is 9.67. The maximum absolute atomic E-state index is 12.9. The highest BCUT2D eigenvalue weighted by Crippen LogP contribution is 2.34. The largest absolute Gasteiger partial charge is 0.497 e. The minimum Gasteiger partial charge on any atom is -0.497 e. The van der Waals surface area contributed by atoms with Crippen LogP contribution in [0.2, 0.25) is 10.0 Å². The molecule has 0 spiro atoms. The molecule has 0 aliphatic heterocycles. The Labute approximate surface area is 199 Å². The van der Waals surface area contributed by atoms with Gasteiger partial charge in [0.2, 0.25) is 9.47 Å². The fraction of sp³-hybridized carbons (Fsp3) is 0.250. The third-order valence-electron chi connectivity index (χ3n) is 4.99. The van der Waals surface area contributed by atoms with Crippen molar-refractivity contribution in [2.75, 3.05) is 12.4 Å². The van der Waals surface area contributed by atoms with Crippen LogP contribution in [-0.2, 0) is 16.4 Å². The maximum Gasteiger partial charge on any atom is 0.270 e. The van der Waals surface area contributed by atoms with Gasteiger partial charge in [-0.2, -0.15) is 0 Å². The Kier molecular flexibility index (Phi) is 6.68. The number of hydrogen-bond donors (Lipinski definition) is 2. The summed E-state index contributed by atoms with van der Waals surface area (Å²) >= 11 is 12.6. The maximum atomic E-state index is 12.9. The minimum absolute atomic E-state index is 0.0372. The van der Waals surface area contributed by atoms with Crippen molar-refractivity contribution in [3.63, 3.8) is 0 Å². The zero-order chi connectivity index (χ0) is 22.9. The van der Waals surface area contributed by atoms with E-state index in [1.807, 2.05) is 18.2 Å². The number of carbonyl (C=O) groups excluding carboxylic acids is 1. The molecule has 0 fully saturated rings. The molecule has 4 rings (SSSR count). The Morgan fingerprint density at radius 2 is 2.00 bits per heavy atom. The van der Waals surface area contributed by atoms with E-state index in [4.69, 9.17) is 27.9 Å². The van der Waals surface area contributed by atoms with Crippen molar-refractivity contribution in [1.29, 1.82) is 0 Å². The van der Waals surface area contributed by atoms with Gasteiger partial charge in [-0.05, 0) is 60.7 Å². The summed E-state index contributed by atoms with van der Waals surface area (Å²) < 4.78 is 33.6. The number of nitrogens with zero attached hydrogens (tertiary/aromatic N) is 2. The summed E-state index contributed by atoms with van der Waals surface area (Å²) in [6.07, 6.45) is 2.36. The third-order valence-corrected chi connectivity index (χ3v) is 8.22. The lowest BCUT2D eigenvalue weighted by atomic mass is 9.88. The Morgan fingerprint density at radius 3 is 2.75 bits per heavy atom. The van der Waals surface area contributed by atoms with Crippen molar-refractivity contribution >= 4 is 55.6 Å². The first kappa shape index (κ1) is 22.9. The highest BCUT2D eigenvalue weighted by atomic mass is 35.5. The Bertz CT molecular complexity index is 1280. The zero-order valence-corrected chi connectivity index (χ0v) is 19.9. The first-order valence-electron chi connectivity index (χ1n) is 9.56. The monoisotopic (exact) mass is 512 g/mol. The average molecular weight is 513 g/mol. The van der Waals surface area contributed by atoms with Crippen LogP contribution in [0.5, 0.6) is 5.75 Å². The van der Waals surface area contributed by atoms with Crippen molar-refractivity contribution in [2.24, 2.45) is 0 Å². The zero-order valence-electron chi connectivity index (χ0n) is 16.8. The number of nitrogens with one attached hydrogen (secondary N) is 2. The van der Waals surface area contributed by atoms with Crippen LogP contribution in [-0.4, -0.2) is 31.6 Å². The van der Waals surface area contributed by atoms with Crippen molar-refractivity contribution in [3.8, 4) is 5.75 Å². The molecule has 0 saturated heterocycles. The van der Waals surface area contributed by atoms with Gasteiger partial charge in [0.25, 0.3) is 15.9 Å². The van der Waals surface area contributed by atoms with E-state index >= 15 is 0 Å². The number of methoxy groups -OCH3 is 1. The fourth-order valence-corrected chi connectivity index (χ4v) is 6.14. The SMILES string of the molecule is COc1ccc2c(c1)CCCC2NS(=O)(=O)c1nnc(NC(=O)c2ccc(Cl)cc2Cl)s1. The molecular weight excluding hydrogens is 495 g/mol. The molecule has 1 heterocycles. The number of hydrogen-bond acceptors (Lipinski definition) is 7. The molecule has 2 N–H and O–H groups in total. The number of rotatable bonds is 6. The molecule has 1 aliphatic rings. The van der Waals surface area contributed by atoms with E-state index in [2.05, 4.69) is 20.2 Å². The topological polar surface area (TPSA) is 110 Å². The van der Waals surface area contributed by atoms with Crippen molar-refractivity contribution in [3.05, 3.63) is 63.1 Å². The normalized spacial score (nSPS) is 15.8. The highest BCUT2D eigenvalue weighted by Gasteiger charge is 2.29. The van der Waals surface area contributed by atoms with Gasteiger partial charge in [-0.15, -0.1) is 10.2 Å². The highest BCUT2D eigenvalue weighted by molar-refractivity contribution is 7.91. The molecule has 0 saturated carbocycles. The van der Waals surface area contributed by atoms with E-state index in [9.17, 15) is 13.2 Å². The Hall–Kier alpha value is -2.24. The number of anilines is 1. The number of ether oxygens (including phenoxy) is 1. The van der Waals surface area contributed by atoms with E-state index in [0.29, 0.717) is 11.4 Å². The number of halogens is 2. The van der Waals surface area contributed by atoms with Crippen LogP contribution in [0.25, 0.3) is 0 Å². The van der Waals surface area contributed by atoms with Crippen LogP contribution < -0.4 is 14.8 Å². The van der Waals surface area contributed by atoms with E-state index in [1.165, 1.54) is 18.2 Å². The molecule has 3 aromatic rings.